The molecule has 1 N–H and O–H groups in total. The molecule has 1 fully saturated rings. The quantitative estimate of drug-likeness (QED) is 0.764. The summed E-state index contributed by atoms with van der Waals surface area (Å²) in [6.45, 7) is 6.79. The summed E-state index contributed by atoms with van der Waals surface area (Å²) in [5, 5.41) is 11.3. The number of hydrogen-bond acceptors (Lipinski definition) is 6. The molecule has 8 heteroatoms. The van der Waals surface area contributed by atoms with Gasteiger partial charge in [-0.3, -0.25) is 4.79 Å². The molecule has 4 heterocycles. The summed E-state index contributed by atoms with van der Waals surface area (Å²) in [6, 6.07) is 3.76. The van der Waals surface area contributed by atoms with Gasteiger partial charge in [0, 0.05) is 29.8 Å². The summed E-state index contributed by atoms with van der Waals surface area (Å²) in [7, 11) is 0. The molecule has 0 unspecified atom stereocenters. The first-order valence-electron chi connectivity index (χ1n) is 8.64. The number of ether oxygens (including phenoxy) is 1. The van der Waals surface area contributed by atoms with Crippen molar-refractivity contribution in [2.45, 2.75) is 33.2 Å². The van der Waals surface area contributed by atoms with Crippen LogP contribution in [-0.2, 0) is 11.2 Å². The van der Waals surface area contributed by atoms with Gasteiger partial charge in [0.2, 0.25) is 0 Å². The molecule has 26 heavy (non-hydrogen) atoms. The van der Waals surface area contributed by atoms with Gasteiger partial charge in [0.15, 0.2) is 5.65 Å². The molecule has 8 nitrogen and oxygen atoms in total. The van der Waals surface area contributed by atoms with E-state index >= 15 is 0 Å². The number of hydrogen-bond donors (Lipinski definition) is 1. The van der Waals surface area contributed by atoms with Crippen LogP contribution in [0.25, 0.3) is 5.65 Å². The Kier molecular flexibility index (Phi) is 4.20. The van der Waals surface area contributed by atoms with Crippen LogP contribution in [0.5, 0.6) is 0 Å². The summed E-state index contributed by atoms with van der Waals surface area (Å²) in [5.74, 6) is 0.762. The molecule has 1 aliphatic rings. The molecule has 0 bridgehead atoms. The number of nitrogens with one attached hydrogen (secondary N) is 1. The zero-order chi connectivity index (χ0) is 18.3. The van der Waals surface area contributed by atoms with Crippen molar-refractivity contribution in [3.05, 3.63) is 46.7 Å². The molecular formula is C18H21N5O3. The molecule has 2 atom stereocenters. The lowest BCUT2D eigenvalue weighted by molar-refractivity contribution is 0.0926. The fourth-order valence-corrected chi connectivity index (χ4v) is 3.41. The molecule has 1 amide bonds. The van der Waals surface area contributed by atoms with Crippen LogP contribution in [-0.4, -0.2) is 44.9 Å². The fourth-order valence-electron chi connectivity index (χ4n) is 3.41. The molecular weight excluding hydrogens is 334 g/mol. The Balaban J connectivity index is 1.52. The summed E-state index contributed by atoms with van der Waals surface area (Å²) in [6.07, 6.45) is 2.24. The molecule has 0 radical (unpaired) electrons. The summed E-state index contributed by atoms with van der Waals surface area (Å²) >= 11 is 0. The molecule has 1 saturated heterocycles. The third-order valence-corrected chi connectivity index (χ3v) is 4.68. The van der Waals surface area contributed by atoms with Crippen molar-refractivity contribution in [2.24, 2.45) is 5.92 Å². The monoisotopic (exact) mass is 355 g/mol. The number of carbonyl (C=O) groups is 1. The highest BCUT2D eigenvalue weighted by molar-refractivity contribution is 5.99. The van der Waals surface area contributed by atoms with E-state index in [-0.39, 0.29) is 17.9 Å². The standard InChI is InChI=1S/C18H21N5O3/c1-10-4-12(3)23-17(20-10)15(7-19-23)18(24)21-16-9-25-8-13(16)6-14-5-11(2)22-26-14/h4-5,7,13,16H,6,8-9H2,1-3H3,(H,21,24)/t13-,16+/m1/s1. The highest BCUT2D eigenvalue weighted by Crippen LogP contribution is 2.21. The number of aromatic nitrogens is 4. The molecule has 0 spiro atoms. The van der Waals surface area contributed by atoms with E-state index in [0.717, 1.165) is 22.8 Å². The van der Waals surface area contributed by atoms with E-state index in [2.05, 4.69) is 20.6 Å². The highest BCUT2D eigenvalue weighted by Gasteiger charge is 2.31. The van der Waals surface area contributed by atoms with Crippen LogP contribution in [0.3, 0.4) is 0 Å². The maximum absolute atomic E-state index is 12.8. The molecule has 0 aliphatic carbocycles. The Bertz CT molecular complexity index is 961. The van der Waals surface area contributed by atoms with Crippen molar-refractivity contribution in [1.82, 2.24) is 25.1 Å². The normalized spacial score (nSPS) is 20.0. The van der Waals surface area contributed by atoms with Gasteiger partial charge < -0.3 is 14.6 Å². The smallest absolute Gasteiger partial charge is 0.257 e. The van der Waals surface area contributed by atoms with Crippen LogP contribution in [0.15, 0.2) is 22.9 Å². The van der Waals surface area contributed by atoms with Crippen LogP contribution >= 0.6 is 0 Å². The predicted molar refractivity (Wildman–Crippen MR) is 93.0 cm³/mol. The maximum atomic E-state index is 12.8. The third kappa shape index (κ3) is 3.08. The Morgan fingerprint density at radius 3 is 2.88 bits per heavy atom. The van der Waals surface area contributed by atoms with E-state index in [1.807, 2.05) is 32.9 Å². The van der Waals surface area contributed by atoms with Crippen LogP contribution in [0.1, 0.15) is 33.2 Å². The van der Waals surface area contributed by atoms with Crippen molar-refractivity contribution in [3.63, 3.8) is 0 Å². The van der Waals surface area contributed by atoms with E-state index in [1.54, 1.807) is 10.7 Å². The van der Waals surface area contributed by atoms with Crippen molar-refractivity contribution < 1.29 is 14.1 Å². The number of nitrogens with zero attached hydrogens (tertiary/aromatic N) is 4. The lowest BCUT2D eigenvalue weighted by Gasteiger charge is -2.17. The molecule has 0 saturated carbocycles. The molecule has 3 aromatic heterocycles. The molecule has 136 valence electrons. The largest absolute Gasteiger partial charge is 0.379 e. The van der Waals surface area contributed by atoms with Gasteiger partial charge >= 0.3 is 0 Å². The van der Waals surface area contributed by atoms with E-state index in [0.29, 0.717) is 30.8 Å². The van der Waals surface area contributed by atoms with Gasteiger partial charge in [-0.05, 0) is 26.8 Å². The van der Waals surface area contributed by atoms with Crippen LogP contribution in [0, 0.1) is 26.7 Å². The second kappa shape index (κ2) is 6.53. The minimum Gasteiger partial charge on any atom is -0.379 e. The van der Waals surface area contributed by atoms with Gasteiger partial charge in [-0.2, -0.15) is 5.10 Å². The maximum Gasteiger partial charge on any atom is 0.257 e. The number of rotatable bonds is 4. The van der Waals surface area contributed by atoms with Gasteiger partial charge in [-0.25, -0.2) is 9.50 Å². The van der Waals surface area contributed by atoms with Crippen molar-refractivity contribution >= 4 is 11.6 Å². The Morgan fingerprint density at radius 2 is 2.12 bits per heavy atom. The zero-order valence-electron chi connectivity index (χ0n) is 15.0. The minimum absolute atomic E-state index is 0.0891. The minimum atomic E-state index is -0.188. The van der Waals surface area contributed by atoms with Gasteiger partial charge in [0.1, 0.15) is 11.3 Å². The van der Waals surface area contributed by atoms with Crippen molar-refractivity contribution in [2.75, 3.05) is 13.2 Å². The number of carbonyl (C=O) groups excluding carboxylic acids is 1. The fraction of sp³-hybridized carbons (Fsp3) is 0.444. The Morgan fingerprint density at radius 1 is 1.27 bits per heavy atom. The van der Waals surface area contributed by atoms with Crippen LogP contribution in [0.2, 0.25) is 0 Å². The number of fused-ring (bicyclic) bond motifs is 1. The topological polar surface area (TPSA) is 94.5 Å². The first-order valence-corrected chi connectivity index (χ1v) is 8.64. The number of aryl methyl sites for hydroxylation is 3. The van der Waals surface area contributed by atoms with Gasteiger partial charge in [0.25, 0.3) is 5.91 Å². The van der Waals surface area contributed by atoms with Gasteiger partial charge in [-0.15, -0.1) is 0 Å². The first-order chi connectivity index (χ1) is 12.5. The average Bonchev–Trinajstić information content (AvgIpc) is 3.29. The lowest BCUT2D eigenvalue weighted by atomic mass is 9.98. The summed E-state index contributed by atoms with van der Waals surface area (Å²) < 4.78 is 12.6. The predicted octanol–water partition coefficient (Wildman–Crippen LogP) is 1.63. The Hall–Kier alpha value is -2.74. The summed E-state index contributed by atoms with van der Waals surface area (Å²) in [5.41, 5.74) is 3.68. The van der Waals surface area contributed by atoms with E-state index in [1.165, 1.54) is 0 Å². The van der Waals surface area contributed by atoms with Crippen LogP contribution < -0.4 is 5.32 Å². The first kappa shape index (κ1) is 16.7. The second-order valence-corrected chi connectivity index (χ2v) is 6.85. The Labute approximate surface area is 150 Å². The lowest BCUT2D eigenvalue weighted by Crippen LogP contribution is -2.40. The molecule has 3 aromatic rings. The van der Waals surface area contributed by atoms with E-state index in [4.69, 9.17) is 9.26 Å². The zero-order valence-corrected chi connectivity index (χ0v) is 15.0. The number of amides is 1. The van der Waals surface area contributed by atoms with Gasteiger partial charge in [0.05, 0.1) is 31.1 Å². The second-order valence-electron chi connectivity index (χ2n) is 6.85. The van der Waals surface area contributed by atoms with Crippen LogP contribution in [0.4, 0.5) is 0 Å². The van der Waals surface area contributed by atoms with Crippen molar-refractivity contribution in [3.8, 4) is 0 Å². The summed E-state index contributed by atoms with van der Waals surface area (Å²) in [4.78, 5) is 17.3. The van der Waals surface area contributed by atoms with E-state index in [9.17, 15) is 4.79 Å². The SMILES string of the molecule is Cc1cc(C[C@@H]2COC[C@@H]2NC(=O)c2cnn3c(C)cc(C)nc23)on1. The average molecular weight is 355 g/mol. The molecule has 1 aliphatic heterocycles. The molecule has 4 rings (SSSR count). The van der Waals surface area contributed by atoms with Crippen molar-refractivity contribution in [1.29, 1.82) is 0 Å². The van der Waals surface area contributed by atoms with Gasteiger partial charge in [-0.1, -0.05) is 5.16 Å². The third-order valence-electron chi connectivity index (χ3n) is 4.68. The molecule has 0 aromatic carbocycles. The highest BCUT2D eigenvalue weighted by atomic mass is 16.5. The van der Waals surface area contributed by atoms with E-state index < -0.39 is 0 Å².